The number of hydrogen-bond donors (Lipinski definition) is 1. The van der Waals surface area contributed by atoms with Crippen LogP contribution in [0.3, 0.4) is 0 Å². The first kappa shape index (κ1) is 12.4. The lowest BCUT2D eigenvalue weighted by Crippen LogP contribution is -2.02. The maximum absolute atomic E-state index is 4.44. The molecule has 17 heavy (non-hydrogen) atoms. The van der Waals surface area contributed by atoms with Gasteiger partial charge in [-0.3, -0.25) is 4.68 Å². The maximum atomic E-state index is 4.44. The second kappa shape index (κ2) is 5.53. The van der Waals surface area contributed by atoms with Gasteiger partial charge in [0.2, 0.25) is 0 Å². The van der Waals surface area contributed by atoms with Crippen molar-refractivity contribution in [2.75, 3.05) is 5.32 Å². The van der Waals surface area contributed by atoms with Crippen LogP contribution in [-0.2, 0) is 20.0 Å². The van der Waals surface area contributed by atoms with Gasteiger partial charge in [-0.15, -0.1) is 0 Å². The SMILES string of the molecule is CCc1nn(C)cc1CNc1ccccc1I. The average molecular weight is 341 g/mol. The third kappa shape index (κ3) is 3.00. The first-order chi connectivity index (χ1) is 8.20. The summed E-state index contributed by atoms with van der Waals surface area (Å²) in [5.74, 6) is 0. The van der Waals surface area contributed by atoms with Crippen LogP contribution in [0, 0.1) is 3.57 Å². The van der Waals surface area contributed by atoms with E-state index in [2.05, 4.69) is 70.4 Å². The van der Waals surface area contributed by atoms with Crippen LogP contribution in [0.15, 0.2) is 30.5 Å². The van der Waals surface area contributed by atoms with Gasteiger partial charge in [0.25, 0.3) is 0 Å². The number of nitrogens with zero attached hydrogens (tertiary/aromatic N) is 2. The Morgan fingerprint density at radius 2 is 2.12 bits per heavy atom. The summed E-state index contributed by atoms with van der Waals surface area (Å²) in [6.07, 6.45) is 3.06. The fourth-order valence-corrected chi connectivity index (χ4v) is 2.40. The van der Waals surface area contributed by atoms with Crippen molar-refractivity contribution in [3.8, 4) is 0 Å². The second-order valence-electron chi connectivity index (χ2n) is 3.96. The molecule has 2 aromatic rings. The van der Waals surface area contributed by atoms with E-state index < -0.39 is 0 Å². The van der Waals surface area contributed by atoms with Gasteiger partial charge in [-0.05, 0) is 41.1 Å². The van der Waals surface area contributed by atoms with E-state index in [1.807, 2.05) is 11.7 Å². The van der Waals surface area contributed by atoms with Gasteiger partial charge in [-0.25, -0.2) is 0 Å². The van der Waals surface area contributed by atoms with Gasteiger partial charge in [-0.1, -0.05) is 19.1 Å². The number of anilines is 1. The van der Waals surface area contributed by atoms with E-state index in [-0.39, 0.29) is 0 Å². The third-order valence-corrected chi connectivity index (χ3v) is 3.61. The predicted octanol–water partition coefficient (Wildman–Crippen LogP) is 3.20. The highest BCUT2D eigenvalue weighted by molar-refractivity contribution is 14.1. The van der Waals surface area contributed by atoms with Crippen molar-refractivity contribution in [1.29, 1.82) is 0 Å². The largest absolute Gasteiger partial charge is 0.380 e. The predicted molar refractivity (Wildman–Crippen MR) is 79.1 cm³/mol. The molecule has 2 rings (SSSR count). The van der Waals surface area contributed by atoms with Crippen molar-refractivity contribution in [2.24, 2.45) is 7.05 Å². The number of para-hydroxylation sites is 1. The Hall–Kier alpha value is -1.04. The molecular weight excluding hydrogens is 325 g/mol. The standard InChI is InChI=1S/C13H16IN3/c1-3-12-10(9-17(2)16-12)8-15-13-7-5-4-6-11(13)14/h4-7,9,15H,3,8H2,1-2H3. The lowest BCUT2D eigenvalue weighted by Gasteiger charge is -2.07. The van der Waals surface area contributed by atoms with Crippen LogP contribution in [0.5, 0.6) is 0 Å². The summed E-state index contributed by atoms with van der Waals surface area (Å²) in [6, 6.07) is 8.31. The van der Waals surface area contributed by atoms with Crippen molar-refractivity contribution >= 4 is 28.3 Å². The van der Waals surface area contributed by atoms with Crippen LogP contribution < -0.4 is 5.32 Å². The first-order valence-electron chi connectivity index (χ1n) is 5.70. The summed E-state index contributed by atoms with van der Waals surface area (Å²) in [5, 5.41) is 7.90. The molecule has 0 saturated heterocycles. The third-order valence-electron chi connectivity index (χ3n) is 2.67. The van der Waals surface area contributed by atoms with Crippen molar-refractivity contribution in [2.45, 2.75) is 19.9 Å². The molecule has 0 spiro atoms. The van der Waals surface area contributed by atoms with Crippen molar-refractivity contribution in [3.63, 3.8) is 0 Å². The Balaban J connectivity index is 2.09. The van der Waals surface area contributed by atoms with Gasteiger partial charge in [0.1, 0.15) is 0 Å². The molecule has 0 amide bonds. The molecule has 0 aliphatic rings. The molecule has 4 heteroatoms. The molecule has 1 heterocycles. The van der Waals surface area contributed by atoms with Gasteiger partial charge in [0, 0.05) is 34.6 Å². The Labute approximate surface area is 115 Å². The second-order valence-corrected chi connectivity index (χ2v) is 5.12. The van der Waals surface area contributed by atoms with Crippen molar-refractivity contribution < 1.29 is 0 Å². The molecule has 1 aromatic carbocycles. The Morgan fingerprint density at radius 3 is 2.82 bits per heavy atom. The summed E-state index contributed by atoms with van der Waals surface area (Å²) < 4.78 is 3.12. The Bertz CT molecular complexity index is 505. The molecule has 3 nitrogen and oxygen atoms in total. The number of benzene rings is 1. The summed E-state index contributed by atoms with van der Waals surface area (Å²) in [4.78, 5) is 0. The quantitative estimate of drug-likeness (QED) is 0.866. The zero-order chi connectivity index (χ0) is 12.3. The van der Waals surface area contributed by atoms with E-state index in [1.165, 1.54) is 20.5 Å². The molecule has 0 unspecified atom stereocenters. The topological polar surface area (TPSA) is 29.9 Å². The molecule has 0 bridgehead atoms. The summed E-state index contributed by atoms with van der Waals surface area (Å²) in [7, 11) is 1.97. The summed E-state index contributed by atoms with van der Waals surface area (Å²) >= 11 is 2.34. The number of hydrogen-bond acceptors (Lipinski definition) is 2. The molecule has 0 saturated carbocycles. The minimum absolute atomic E-state index is 0.830. The molecule has 90 valence electrons. The first-order valence-corrected chi connectivity index (χ1v) is 6.78. The van der Waals surface area contributed by atoms with Gasteiger partial charge in [-0.2, -0.15) is 5.10 Å². The molecule has 1 aromatic heterocycles. The number of nitrogens with one attached hydrogen (secondary N) is 1. The van der Waals surface area contributed by atoms with Crippen LogP contribution in [0.4, 0.5) is 5.69 Å². The zero-order valence-corrected chi connectivity index (χ0v) is 12.2. The van der Waals surface area contributed by atoms with E-state index in [0.717, 1.165) is 13.0 Å². The van der Waals surface area contributed by atoms with Crippen LogP contribution in [0.2, 0.25) is 0 Å². The smallest absolute Gasteiger partial charge is 0.0671 e. The summed E-state index contributed by atoms with van der Waals surface area (Å²) in [5.41, 5.74) is 3.62. The molecule has 1 N–H and O–H groups in total. The Morgan fingerprint density at radius 1 is 1.35 bits per heavy atom. The maximum Gasteiger partial charge on any atom is 0.0671 e. The van der Waals surface area contributed by atoms with Crippen LogP contribution >= 0.6 is 22.6 Å². The number of aromatic nitrogens is 2. The molecule has 0 aliphatic heterocycles. The van der Waals surface area contributed by atoms with Crippen LogP contribution in [0.1, 0.15) is 18.2 Å². The molecular formula is C13H16IN3. The normalized spacial score (nSPS) is 10.5. The van der Waals surface area contributed by atoms with E-state index in [1.54, 1.807) is 0 Å². The molecule has 0 aliphatic carbocycles. The van der Waals surface area contributed by atoms with Crippen molar-refractivity contribution in [3.05, 3.63) is 45.3 Å². The highest BCUT2D eigenvalue weighted by Gasteiger charge is 2.06. The van der Waals surface area contributed by atoms with Crippen molar-refractivity contribution in [1.82, 2.24) is 9.78 Å². The lowest BCUT2D eigenvalue weighted by molar-refractivity contribution is 0.746. The van der Waals surface area contributed by atoms with Crippen LogP contribution in [0.25, 0.3) is 0 Å². The van der Waals surface area contributed by atoms with Gasteiger partial charge in [0.05, 0.1) is 5.69 Å². The lowest BCUT2D eigenvalue weighted by atomic mass is 10.2. The molecule has 0 fully saturated rings. The minimum atomic E-state index is 0.830. The monoisotopic (exact) mass is 341 g/mol. The van der Waals surface area contributed by atoms with Crippen LogP contribution in [-0.4, -0.2) is 9.78 Å². The summed E-state index contributed by atoms with van der Waals surface area (Å²) in [6.45, 7) is 2.97. The van der Waals surface area contributed by atoms with E-state index in [0.29, 0.717) is 0 Å². The Kier molecular flexibility index (Phi) is 4.04. The van der Waals surface area contributed by atoms with Gasteiger partial charge >= 0.3 is 0 Å². The zero-order valence-electron chi connectivity index (χ0n) is 10.1. The van der Waals surface area contributed by atoms with Gasteiger partial charge in [0.15, 0.2) is 0 Å². The number of rotatable bonds is 4. The van der Waals surface area contributed by atoms with Gasteiger partial charge < -0.3 is 5.32 Å². The fraction of sp³-hybridized carbons (Fsp3) is 0.308. The minimum Gasteiger partial charge on any atom is -0.380 e. The number of aryl methyl sites for hydroxylation is 2. The van der Waals surface area contributed by atoms with E-state index in [9.17, 15) is 0 Å². The highest BCUT2D eigenvalue weighted by atomic mass is 127. The average Bonchev–Trinajstić information content (AvgIpc) is 2.69. The highest BCUT2D eigenvalue weighted by Crippen LogP contribution is 2.18. The number of halogens is 1. The van der Waals surface area contributed by atoms with E-state index >= 15 is 0 Å². The van der Waals surface area contributed by atoms with E-state index in [4.69, 9.17) is 0 Å². The molecule has 0 radical (unpaired) electrons. The fourth-order valence-electron chi connectivity index (χ4n) is 1.82. The molecule has 0 atom stereocenters.